The summed E-state index contributed by atoms with van der Waals surface area (Å²) in [5, 5.41) is 13.8. The van der Waals surface area contributed by atoms with Crippen molar-refractivity contribution in [3.63, 3.8) is 0 Å². The first-order valence-corrected chi connectivity index (χ1v) is 8.27. The SMILES string of the molecule is CCNC(=NCc1csc(C(C)C)n1)NCc1ncnn1C. The lowest BCUT2D eigenvalue weighted by Crippen LogP contribution is -2.37. The van der Waals surface area contributed by atoms with E-state index in [1.807, 2.05) is 14.0 Å². The van der Waals surface area contributed by atoms with Gasteiger partial charge in [-0.2, -0.15) is 5.10 Å². The lowest BCUT2D eigenvalue weighted by Gasteiger charge is -2.10. The Balaban J connectivity index is 1.95. The van der Waals surface area contributed by atoms with Crippen molar-refractivity contribution in [2.24, 2.45) is 12.0 Å². The van der Waals surface area contributed by atoms with E-state index >= 15 is 0 Å². The molecule has 2 rings (SSSR count). The lowest BCUT2D eigenvalue weighted by atomic mass is 10.2. The minimum absolute atomic E-state index is 0.463. The highest BCUT2D eigenvalue weighted by Gasteiger charge is 2.06. The first kappa shape index (κ1) is 16.4. The van der Waals surface area contributed by atoms with Crippen molar-refractivity contribution in [3.8, 4) is 0 Å². The smallest absolute Gasteiger partial charge is 0.192 e. The number of hydrogen-bond acceptors (Lipinski definition) is 5. The topological polar surface area (TPSA) is 80.0 Å². The number of aryl methyl sites for hydroxylation is 1. The fourth-order valence-electron chi connectivity index (χ4n) is 1.81. The number of nitrogens with zero attached hydrogens (tertiary/aromatic N) is 5. The van der Waals surface area contributed by atoms with Crippen LogP contribution >= 0.6 is 11.3 Å². The van der Waals surface area contributed by atoms with Crippen LogP contribution in [0.4, 0.5) is 0 Å². The number of hydrogen-bond donors (Lipinski definition) is 2. The third-order valence-electron chi connectivity index (χ3n) is 3.03. The van der Waals surface area contributed by atoms with Gasteiger partial charge in [-0.3, -0.25) is 4.68 Å². The van der Waals surface area contributed by atoms with Gasteiger partial charge in [-0.15, -0.1) is 11.3 Å². The molecule has 0 radical (unpaired) electrons. The standard InChI is InChI=1S/C14H23N7S/c1-5-15-14(17-7-12-18-9-19-21(12)4)16-6-11-8-22-13(20-11)10(2)3/h8-10H,5-7H2,1-4H3,(H2,15,16,17). The lowest BCUT2D eigenvalue weighted by molar-refractivity contribution is 0.673. The number of rotatable bonds is 6. The van der Waals surface area contributed by atoms with Crippen LogP contribution in [0.3, 0.4) is 0 Å². The van der Waals surface area contributed by atoms with Gasteiger partial charge in [0, 0.05) is 24.9 Å². The minimum atomic E-state index is 0.463. The molecule has 2 aromatic heterocycles. The molecular formula is C14H23N7S. The Labute approximate surface area is 134 Å². The van der Waals surface area contributed by atoms with Gasteiger partial charge in [0.05, 0.1) is 23.8 Å². The zero-order valence-electron chi connectivity index (χ0n) is 13.5. The van der Waals surface area contributed by atoms with Crippen LogP contribution in [-0.4, -0.2) is 32.3 Å². The molecule has 8 heteroatoms. The van der Waals surface area contributed by atoms with E-state index < -0.39 is 0 Å². The number of thiazole rings is 1. The maximum Gasteiger partial charge on any atom is 0.192 e. The highest BCUT2D eigenvalue weighted by Crippen LogP contribution is 2.19. The van der Waals surface area contributed by atoms with Crippen LogP contribution in [0, 0.1) is 0 Å². The number of aliphatic imine (C=N–C) groups is 1. The summed E-state index contributed by atoms with van der Waals surface area (Å²) in [6.07, 6.45) is 1.55. The normalized spacial score (nSPS) is 12.0. The average molecular weight is 321 g/mol. The van der Waals surface area contributed by atoms with Crippen LogP contribution in [0.15, 0.2) is 16.7 Å². The Bertz CT molecular complexity index is 614. The molecule has 0 aliphatic rings. The maximum atomic E-state index is 4.60. The van der Waals surface area contributed by atoms with Crippen molar-refractivity contribution < 1.29 is 0 Å². The summed E-state index contributed by atoms with van der Waals surface area (Å²) in [7, 11) is 1.87. The summed E-state index contributed by atoms with van der Waals surface area (Å²) in [6, 6.07) is 0. The summed E-state index contributed by atoms with van der Waals surface area (Å²) >= 11 is 1.69. The molecule has 2 heterocycles. The molecule has 0 saturated heterocycles. The molecule has 0 saturated carbocycles. The van der Waals surface area contributed by atoms with Gasteiger partial charge in [0.2, 0.25) is 0 Å². The number of guanidine groups is 1. The van der Waals surface area contributed by atoms with Crippen molar-refractivity contribution in [1.82, 2.24) is 30.4 Å². The molecule has 0 spiro atoms. The second-order valence-electron chi connectivity index (χ2n) is 5.18. The van der Waals surface area contributed by atoms with Crippen LogP contribution in [0.25, 0.3) is 0 Å². The monoisotopic (exact) mass is 321 g/mol. The molecule has 0 aromatic carbocycles. The Morgan fingerprint density at radius 2 is 2.23 bits per heavy atom. The van der Waals surface area contributed by atoms with E-state index in [1.165, 1.54) is 0 Å². The molecule has 7 nitrogen and oxygen atoms in total. The summed E-state index contributed by atoms with van der Waals surface area (Å²) in [6.45, 7) is 8.29. The quantitative estimate of drug-likeness (QED) is 0.625. The van der Waals surface area contributed by atoms with Crippen molar-refractivity contribution >= 4 is 17.3 Å². The predicted octanol–water partition coefficient (Wildman–Crippen LogP) is 1.65. The zero-order chi connectivity index (χ0) is 15.9. The largest absolute Gasteiger partial charge is 0.357 e. The van der Waals surface area contributed by atoms with Crippen LogP contribution in [-0.2, 0) is 20.1 Å². The zero-order valence-corrected chi connectivity index (χ0v) is 14.3. The van der Waals surface area contributed by atoms with Gasteiger partial charge in [0.25, 0.3) is 0 Å². The predicted molar refractivity (Wildman–Crippen MR) is 88.9 cm³/mol. The van der Waals surface area contributed by atoms with E-state index in [2.05, 4.69) is 49.9 Å². The van der Waals surface area contributed by atoms with Crippen molar-refractivity contribution in [2.75, 3.05) is 6.54 Å². The molecule has 2 aromatic rings. The van der Waals surface area contributed by atoms with E-state index in [9.17, 15) is 0 Å². The molecule has 2 N–H and O–H groups in total. The average Bonchev–Trinajstić information content (AvgIpc) is 3.11. The van der Waals surface area contributed by atoms with E-state index in [0.29, 0.717) is 19.0 Å². The minimum Gasteiger partial charge on any atom is -0.357 e. The van der Waals surface area contributed by atoms with E-state index in [1.54, 1.807) is 22.3 Å². The van der Waals surface area contributed by atoms with Crippen molar-refractivity contribution in [2.45, 2.75) is 39.8 Å². The summed E-state index contributed by atoms with van der Waals surface area (Å²) in [5.41, 5.74) is 1.00. The molecule has 0 aliphatic carbocycles. The van der Waals surface area contributed by atoms with Gasteiger partial charge in [0.15, 0.2) is 5.96 Å². The van der Waals surface area contributed by atoms with Gasteiger partial charge in [-0.25, -0.2) is 15.0 Å². The number of aromatic nitrogens is 4. The molecular weight excluding hydrogens is 298 g/mol. The highest BCUT2D eigenvalue weighted by molar-refractivity contribution is 7.09. The van der Waals surface area contributed by atoms with E-state index in [-0.39, 0.29) is 0 Å². The Morgan fingerprint density at radius 1 is 1.41 bits per heavy atom. The molecule has 0 bridgehead atoms. The summed E-state index contributed by atoms with van der Waals surface area (Å²) < 4.78 is 1.74. The fourth-order valence-corrected chi connectivity index (χ4v) is 2.63. The Hall–Kier alpha value is -1.96. The van der Waals surface area contributed by atoms with Crippen LogP contribution < -0.4 is 10.6 Å². The van der Waals surface area contributed by atoms with Crippen molar-refractivity contribution in [1.29, 1.82) is 0 Å². The Morgan fingerprint density at radius 3 is 2.82 bits per heavy atom. The van der Waals surface area contributed by atoms with Crippen molar-refractivity contribution in [3.05, 3.63) is 28.2 Å². The van der Waals surface area contributed by atoms with Gasteiger partial charge in [0.1, 0.15) is 12.2 Å². The maximum absolute atomic E-state index is 4.60. The molecule has 0 unspecified atom stereocenters. The first-order valence-electron chi connectivity index (χ1n) is 7.39. The number of nitrogens with one attached hydrogen (secondary N) is 2. The molecule has 0 fully saturated rings. The van der Waals surface area contributed by atoms with Gasteiger partial charge < -0.3 is 10.6 Å². The Kier molecular flexibility index (Phi) is 5.88. The third kappa shape index (κ3) is 4.52. The molecule has 22 heavy (non-hydrogen) atoms. The van der Waals surface area contributed by atoms with Gasteiger partial charge in [-0.05, 0) is 6.92 Å². The molecule has 0 amide bonds. The fraction of sp³-hybridized carbons (Fsp3) is 0.571. The molecule has 120 valence electrons. The first-order chi connectivity index (χ1) is 10.6. The van der Waals surface area contributed by atoms with E-state index in [4.69, 9.17) is 0 Å². The second-order valence-corrected chi connectivity index (χ2v) is 6.07. The molecule has 0 aliphatic heterocycles. The van der Waals surface area contributed by atoms with E-state index in [0.717, 1.165) is 29.0 Å². The van der Waals surface area contributed by atoms with Crippen LogP contribution in [0.2, 0.25) is 0 Å². The van der Waals surface area contributed by atoms with Gasteiger partial charge in [-0.1, -0.05) is 13.8 Å². The third-order valence-corrected chi connectivity index (χ3v) is 4.22. The van der Waals surface area contributed by atoms with Gasteiger partial charge >= 0.3 is 0 Å². The van der Waals surface area contributed by atoms with Crippen LogP contribution in [0.5, 0.6) is 0 Å². The summed E-state index contributed by atoms with van der Waals surface area (Å²) in [5.74, 6) is 2.08. The van der Waals surface area contributed by atoms with Crippen LogP contribution in [0.1, 0.15) is 43.2 Å². The second kappa shape index (κ2) is 7.88. The molecule has 0 atom stereocenters. The summed E-state index contributed by atoms with van der Waals surface area (Å²) in [4.78, 5) is 13.3. The highest BCUT2D eigenvalue weighted by atomic mass is 32.1.